The van der Waals surface area contributed by atoms with Crippen molar-refractivity contribution in [2.24, 2.45) is 0 Å². The van der Waals surface area contributed by atoms with Gasteiger partial charge in [-0.25, -0.2) is 4.98 Å². The lowest BCUT2D eigenvalue weighted by Crippen LogP contribution is -2.26. The number of benzene rings is 1. The van der Waals surface area contributed by atoms with Crippen LogP contribution in [0.15, 0.2) is 18.2 Å². The molecule has 0 bridgehead atoms. The largest absolute Gasteiger partial charge is 0.496 e. The molecule has 1 unspecified atom stereocenters. The van der Waals surface area contributed by atoms with Gasteiger partial charge in [-0.1, -0.05) is 31.9 Å². The highest BCUT2D eigenvalue weighted by Gasteiger charge is 2.17. The first-order valence-electron chi connectivity index (χ1n) is 10.1. The molecule has 1 aromatic heterocycles. The molecule has 0 aliphatic heterocycles. The number of ether oxygens (including phenoxy) is 2. The Balaban J connectivity index is 2.34. The Morgan fingerprint density at radius 1 is 1.30 bits per heavy atom. The van der Waals surface area contributed by atoms with E-state index in [1.54, 1.807) is 7.11 Å². The number of aliphatic hydroxyl groups excluding tert-OH is 1. The maximum absolute atomic E-state index is 11.6. The third-order valence-corrected chi connectivity index (χ3v) is 4.99. The summed E-state index contributed by atoms with van der Waals surface area (Å²) in [5, 5.41) is 13.1. The van der Waals surface area contributed by atoms with Crippen molar-refractivity contribution in [3.05, 3.63) is 40.6 Å². The SMILES string of the molecule is CCCCC(CO)Nc1nc(N)nc(C)c1Cc1ccc(CC(=O)OC)cc1OC. The first-order chi connectivity index (χ1) is 14.4. The lowest BCUT2D eigenvalue weighted by atomic mass is 10.00. The molecule has 2 rings (SSSR count). The van der Waals surface area contributed by atoms with Gasteiger partial charge in [0.25, 0.3) is 0 Å². The minimum absolute atomic E-state index is 0.00788. The van der Waals surface area contributed by atoms with Gasteiger partial charge in [0.05, 0.1) is 33.3 Å². The molecule has 0 amide bonds. The Hall–Kier alpha value is -2.87. The fourth-order valence-corrected chi connectivity index (χ4v) is 3.28. The Kier molecular flexibility index (Phi) is 8.86. The van der Waals surface area contributed by atoms with Crippen LogP contribution in [0.2, 0.25) is 0 Å². The molecule has 4 N–H and O–H groups in total. The van der Waals surface area contributed by atoms with Crippen LogP contribution < -0.4 is 15.8 Å². The molecule has 8 nitrogen and oxygen atoms in total. The number of aromatic nitrogens is 2. The highest BCUT2D eigenvalue weighted by atomic mass is 16.5. The van der Waals surface area contributed by atoms with Gasteiger partial charge >= 0.3 is 5.97 Å². The molecule has 164 valence electrons. The number of carbonyl (C=O) groups excluding carboxylic acids is 1. The standard InChI is InChI=1S/C22H32N4O4/c1-5-6-7-17(13-27)25-21-18(14(2)24-22(23)26-21)12-16-9-8-15(10-19(16)29-3)11-20(28)30-4/h8-10,17,27H,5-7,11-13H2,1-4H3,(H3,23,24,25,26). The van der Waals surface area contributed by atoms with Crippen LogP contribution in [0.25, 0.3) is 0 Å². The molecule has 1 aromatic carbocycles. The summed E-state index contributed by atoms with van der Waals surface area (Å²) in [6.45, 7) is 4.01. The van der Waals surface area contributed by atoms with Gasteiger partial charge in [0.1, 0.15) is 11.6 Å². The third kappa shape index (κ3) is 6.32. The summed E-state index contributed by atoms with van der Waals surface area (Å²) in [6.07, 6.45) is 3.58. The van der Waals surface area contributed by atoms with Gasteiger partial charge < -0.3 is 25.6 Å². The van der Waals surface area contributed by atoms with Crippen LogP contribution in [0, 0.1) is 6.92 Å². The number of carbonyl (C=O) groups is 1. The molecular weight excluding hydrogens is 384 g/mol. The van der Waals surface area contributed by atoms with E-state index in [2.05, 4.69) is 22.2 Å². The highest BCUT2D eigenvalue weighted by Crippen LogP contribution is 2.28. The number of hydrogen-bond acceptors (Lipinski definition) is 8. The van der Waals surface area contributed by atoms with Crippen LogP contribution in [0.1, 0.15) is 48.6 Å². The molecule has 0 saturated heterocycles. The van der Waals surface area contributed by atoms with Crippen LogP contribution in [0.5, 0.6) is 5.75 Å². The minimum atomic E-state index is -0.304. The second kappa shape index (κ2) is 11.3. The van der Waals surface area contributed by atoms with Crippen molar-refractivity contribution in [3.63, 3.8) is 0 Å². The maximum atomic E-state index is 11.6. The minimum Gasteiger partial charge on any atom is -0.496 e. The molecule has 0 spiro atoms. The fraction of sp³-hybridized carbons (Fsp3) is 0.500. The van der Waals surface area contributed by atoms with E-state index in [0.717, 1.165) is 41.6 Å². The van der Waals surface area contributed by atoms with Crippen LogP contribution in [-0.2, 0) is 22.4 Å². The van der Waals surface area contributed by atoms with E-state index >= 15 is 0 Å². The number of nitrogen functional groups attached to an aromatic ring is 1. The van der Waals surface area contributed by atoms with Gasteiger partial charge in [-0.05, 0) is 30.5 Å². The first kappa shape index (κ1) is 23.4. The monoisotopic (exact) mass is 416 g/mol. The van der Waals surface area contributed by atoms with Crippen molar-refractivity contribution in [3.8, 4) is 5.75 Å². The third-order valence-electron chi connectivity index (χ3n) is 4.99. The second-order valence-corrected chi connectivity index (χ2v) is 7.24. The summed E-state index contributed by atoms with van der Waals surface area (Å²) in [5.41, 5.74) is 9.27. The van der Waals surface area contributed by atoms with Gasteiger partial charge in [0, 0.05) is 17.7 Å². The smallest absolute Gasteiger partial charge is 0.309 e. The van der Waals surface area contributed by atoms with E-state index in [4.69, 9.17) is 15.2 Å². The van der Waals surface area contributed by atoms with Gasteiger partial charge in [0.2, 0.25) is 5.95 Å². The van der Waals surface area contributed by atoms with E-state index in [0.29, 0.717) is 18.0 Å². The lowest BCUT2D eigenvalue weighted by molar-refractivity contribution is -0.139. The molecule has 0 aliphatic carbocycles. The van der Waals surface area contributed by atoms with Crippen molar-refractivity contribution < 1.29 is 19.4 Å². The summed E-state index contributed by atoms with van der Waals surface area (Å²) in [7, 11) is 2.96. The second-order valence-electron chi connectivity index (χ2n) is 7.24. The predicted molar refractivity (Wildman–Crippen MR) is 117 cm³/mol. The molecule has 0 saturated carbocycles. The summed E-state index contributed by atoms with van der Waals surface area (Å²) < 4.78 is 10.3. The lowest BCUT2D eigenvalue weighted by Gasteiger charge is -2.21. The molecule has 0 fully saturated rings. The molecule has 0 radical (unpaired) electrons. The molecule has 0 aliphatic rings. The molecule has 1 heterocycles. The number of esters is 1. The van der Waals surface area contributed by atoms with Crippen LogP contribution in [0.3, 0.4) is 0 Å². The van der Waals surface area contributed by atoms with E-state index < -0.39 is 0 Å². The van der Waals surface area contributed by atoms with Gasteiger partial charge in [0.15, 0.2) is 0 Å². The summed E-state index contributed by atoms with van der Waals surface area (Å²) in [4.78, 5) is 20.3. The van der Waals surface area contributed by atoms with E-state index in [1.807, 2.05) is 25.1 Å². The van der Waals surface area contributed by atoms with Gasteiger partial charge in [-0.3, -0.25) is 4.79 Å². The number of rotatable bonds is 11. The normalized spacial score (nSPS) is 11.8. The number of nitrogens with one attached hydrogen (secondary N) is 1. The summed E-state index contributed by atoms with van der Waals surface area (Å²) in [5.74, 6) is 1.17. The molecule has 2 aromatic rings. The Bertz CT molecular complexity index is 857. The number of hydrogen-bond donors (Lipinski definition) is 3. The van der Waals surface area contributed by atoms with Crippen molar-refractivity contribution in [1.82, 2.24) is 9.97 Å². The summed E-state index contributed by atoms with van der Waals surface area (Å²) >= 11 is 0. The fourth-order valence-electron chi connectivity index (χ4n) is 3.28. The summed E-state index contributed by atoms with van der Waals surface area (Å²) in [6, 6.07) is 5.54. The van der Waals surface area contributed by atoms with Crippen molar-refractivity contribution >= 4 is 17.7 Å². The molecule has 1 atom stereocenters. The number of unbranched alkanes of at least 4 members (excludes halogenated alkanes) is 1. The quantitative estimate of drug-likeness (QED) is 0.478. The number of aliphatic hydroxyl groups is 1. The molecular formula is C22H32N4O4. The number of aryl methyl sites for hydroxylation is 1. The van der Waals surface area contributed by atoms with Crippen LogP contribution in [-0.4, -0.2) is 47.9 Å². The number of methoxy groups -OCH3 is 2. The average Bonchev–Trinajstić information content (AvgIpc) is 2.73. The van der Waals surface area contributed by atoms with E-state index in [1.165, 1.54) is 7.11 Å². The van der Waals surface area contributed by atoms with E-state index in [-0.39, 0.29) is 31.0 Å². The van der Waals surface area contributed by atoms with Crippen LogP contribution in [0.4, 0.5) is 11.8 Å². The number of nitrogens with zero attached hydrogens (tertiary/aromatic N) is 2. The molecule has 8 heteroatoms. The van der Waals surface area contributed by atoms with Crippen molar-refractivity contribution in [1.29, 1.82) is 0 Å². The van der Waals surface area contributed by atoms with E-state index in [9.17, 15) is 9.90 Å². The Morgan fingerprint density at radius 3 is 2.70 bits per heavy atom. The number of anilines is 2. The highest BCUT2D eigenvalue weighted by molar-refractivity contribution is 5.72. The van der Waals surface area contributed by atoms with Gasteiger partial charge in [-0.15, -0.1) is 0 Å². The zero-order chi connectivity index (χ0) is 22.1. The number of nitrogens with two attached hydrogens (primary N) is 1. The zero-order valence-corrected chi connectivity index (χ0v) is 18.2. The topological polar surface area (TPSA) is 120 Å². The average molecular weight is 417 g/mol. The Morgan fingerprint density at radius 2 is 2.07 bits per heavy atom. The maximum Gasteiger partial charge on any atom is 0.309 e. The van der Waals surface area contributed by atoms with Gasteiger partial charge in [-0.2, -0.15) is 4.98 Å². The zero-order valence-electron chi connectivity index (χ0n) is 18.2. The predicted octanol–water partition coefficient (Wildman–Crippen LogP) is 2.65. The van der Waals surface area contributed by atoms with Crippen molar-refractivity contribution in [2.45, 2.75) is 52.0 Å². The molecule has 30 heavy (non-hydrogen) atoms. The van der Waals surface area contributed by atoms with Crippen LogP contribution >= 0.6 is 0 Å². The first-order valence-corrected chi connectivity index (χ1v) is 10.1. The van der Waals surface area contributed by atoms with Crippen molar-refractivity contribution in [2.75, 3.05) is 31.9 Å². The Labute approximate surface area is 177 Å².